The molecule has 5 nitrogen and oxygen atoms in total. The molecule has 0 aliphatic heterocycles. The molecule has 0 spiro atoms. The van der Waals surface area contributed by atoms with Crippen LogP contribution >= 0.6 is 0 Å². The van der Waals surface area contributed by atoms with Crippen LogP contribution in [0.2, 0.25) is 0 Å². The van der Waals surface area contributed by atoms with Gasteiger partial charge in [-0.05, 0) is 12.3 Å². The van der Waals surface area contributed by atoms with Gasteiger partial charge in [0, 0.05) is 31.8 Å². The highest BCUT2D eigenvalue weighted by molar-refractivity contribution is 6.09. The van der Waals surface area contributed by atoms with E-state index >= 15 is 0 Å². The Morgan fingerprint density at radius 3 is 2.75 bits per heavy atom. The van der Waals surface area contributed by atoms with Gasteiger partial charge in [-0.25, -0.2) is 4.98 Å². The fourth-order valence-electron chi connectivity index (χ4n) is 2.05. The quantitative estimate of drug-likeness (QED) is 0.791. The monoisotopic (exact) mass is 273 g/mol. The summed E-state index contributed by atoms with van der Waals surface area (Å²) in [6, 6.07) is 7.72. The van der Waals surface area contributed by atoms with Crippen molar-refractivity contribution in [3.63, 3.8) is 0 Å². The van der Waals surface area contributed by atoms with Crippen LogP contribution in [0.3, 0.4) is 0 Å². The van der Waals surface area contributed by atoms with E-state index in [1.54, 1.807) is 6.20 Å². The Morgan fingerprint density at radius 2 is 2.05 bits per heavy atom. The van der Waals surface area contributed by atoms with E-state index in [-0.39, 0.29) is 5.91 Å². The zero-order valence-corrected chi connectivity index (χ0v) is 11.8. The van der Waals surface area contributed by atoms with Gasteiger partial charge in [0.15, 0.2) is 0 Å². The molecule has 0 saturated heterocycles. The minimum atomic E-state index is -0.129. The molecular weight excluding hydrogens is 254 g/mol. The van der Waals surface area contributed by atoms with E-state index < -0.39 is 0 Å². The van der Waals surface area contributed by atoms with Crippen molar-refractivity contribution in [2.24, 2.45) is 0 Å². The summed E-state index contributed by atoms with van der Waals surface area (Å²) >= 11 is 0. The molecule has 2 N–H and O–H groups in total. The molecule has 5 heteroatoms. The molecule has 106 valence electrons. The first kappa shape index (κ1) is 14.3. The number of anilines is 1. The highest BCUT2D eigenvalue weighted by atomic mass is 16.5. The number of amides is 1. The van der Waals surface area contributed by atoms with Gasteiger partial charge in [0.2, 0.25) is 0 Å². The summed E-state index contributed by atoms with van der Waals surface area (Å²) in [5.41, 5.74) is 0.580. The smallest absolute Gasteiger partial charge is 0.253 e. The van der Waals surface area contributed by atoms with E-state index in [0.29, 0.717) is 25.3 Å². The lowest BCUT2D eigenvalue weighted by Crippen LogP contribution is -2.27. The summed E-state index contributed by atoms with van der Waals surface area (Å²) in [7, 11) is 1.82. The van der Waals surface area contributed by atoms with E-state index in [1.807, 2.05) is 38.2 Å². The van der Waals surface area contributed by atoms with E-state index in [4.69, 9.17) is 4.74 Å². The molecule has 0 aliphatic rings. The fourth-order valence-corrected chi connectivity index (χ4v) is 2.05. The Bertz CT molecular complexity index is 599. The number of pyridine rings is 1. The number of carbonyl (C=O) groups is 1. The first-order valence-corrected chi connectivity index (χ1v) is 6.69. The van der Waals surface area contributed by atoms with E-state index in [9.17, 15) is 4.79 Å². The molecule has 20 heavy (non-hydrogen) atoms. The predicted octanol–water partition coefficient (Wildman–Crippen LogP) is 2.04. The van der Waals surface area contributed by atoms with Crippen LogP contribution in [0.5, 0.6) is 0 Å². The van der Waals surface area contributed by atoms with Crippen LogP contribution in [0, 0.1) is 0 Å². The van der Waals surface area contributed by atoms with Crippen molar-refractivity contribution >= 4 is 22.5 Å². The van der Waals surface area contributed by atoms with Gasteiger partial charge in [-0.1, -0.05) is 24.3 Å². The van der Waals surface area contributed by atoms with Crippen molar-refractivity contribution < 1.29 is 9.53 Å². The molecule has 1 heterocycles. The number of fused-ring (bicyclic) bond motifs is 1. The third-order valence-corrected chi connectivity index (χ3v) is 3.01. The Balaban J connectivity index is 2.24. The van der Waals surface area contributed by atoms with Gasteiger partial charge >= 0.3 is 0 Å². The Hall–Kier alpha value is -2.14. The third-order valence-electron chi connectivity index (χ3n) is 3.01. The maximum atomic E-state index is 12.2. The molecule has 0 fully saturated rings. The number of aromatic nitrogens is 1. The number of hydrogen-bond donors (Lipinski definition) is 2. The zero-order valence-electron chi connectivity index (χ0n) is 11.8. The number of ether oxygens (including phenoxy) is 1. The van der Waals surface area contributed by atoms with Gasteiger partial charge in [-0.15, -0.1) is 0 Å². The lowest BCUT2D eigenvalue weighted by atomic mass is 10.1. The van der Waals surface area contributed by atoms with Crippen molar-refractivity contribution in [1.29, 1.82) is 0 Å². The summed E-state index contributed by atoms with van der Waals surface area (Å²) in [5, 5.41) is 7.70. The largest absolute Gasteiger partial charge is 0.380 e. The van der Waals surface area contributed by atoms with E-state index in [0.717, 1.165) is 16.6 Å². The average Bonchev–Trinajstić information content (AvgIpc) is 2.50. The third kappa shape index (κ3) is 3.05. The Labute approximate surface area is 118 Å². The van der Waals surface area contributed by atoms with Crippen LogP contribution in [-0.2, 0) is 4.74 Å². The van der Waals surface area contributed by atoms with Gasteiger partial charge < -0.3 is 15.4 Å². The topological polar surface area (TPSA) is 63.2 Å². The summed E-state index contributed by atoms with van der Waals surface area (Å²) in [6.07, 6.45) is 1.60. The van der Waals surface area contributed by atoms with Crippen LogP contribution in [0.1, 0.15) is 17.3 Å². The first-order valence-electron chi connectivity index (χ1n) is 6.69. The number of nitrogens with zero attached hydrogens (tertiary/aromatic N) is 1. The average molecular weight is 273 g/mol. The normalized spacial score (nSPS) is 10.5. The number of rotatable bonds is 6. The second-order valence-corrected chi connectivity index (χ2v) is 4.27. The van der Waals surface area contributed by atoms with E-state index in [2.05, 4.69) is 15.6 Å². The molecule has 0 unspecified atom stereocenters. The zero-order chi connectivity index (χ0) is 14.4. The summed E-state index contributed by atoms with van der Waals surface area (Å²) in [5.74, 6) is 0.641. The standard InChI is InChI=1S/C15H19N3O2/c1-3-20-9-8-17-15(19)13-10-18-14(16-2)12-7-5-4-6-11(12)13/h4-7,10H,3,8-9H2,1-2H3,(H,16,18)(H,17,19). The van der Waals surface area contributed by atoms with E-state index in [1.165, 1.54) is 0 Å². The fraction of sp³-hybridized carbons (Fsp3) is 0.333. The highest BCUT2D eigenvalue weighted by Crippen LogP contribution is 2.23. The van der Waals surface area contributed by atoms with Crippen LogP contribution < -0.4 is 10.6 Å². The maximum Gasteiger partial charge on any atom is 0.253 e. The second-order valence-electron chi connectivity index (χ2n) is 4.27. The molecule has 0 saturated carbocycles. The minimum Gasteiger partial charge on any atom is -0.380 e. The molecule has 1 amide bonds. The molecule has 1 aromatic heterocycles. The van der Waals surface area contributed by atoms with Crippen LogP contribution in [0.4, 0.5) is 5.82 Å². The lowest BCUT2D eigenvalue weighted by Gasteiger charge is -2.10. The SMILES string of the molecule is CCOCCNC(=O)c1cnc(NC)c2ccccc12. The molecule has 2 rings (SSSR count). The van der Waals surface area contributed by atoms with Crippen molar-refractivity contribution in [3.05, 3.63) is 36.0 Å². The summed E-state index contributed by atoms with van der Waals surface area (Å²) < 4.78 is 5.20. The molecule has 0 bridgehead atoms. The number of benzene rings is 1. The van der Waals surface area contributed by atoms with Crippen LogP contribution in [0.25, 0.3) is 10.8 Å². The number of hydrogen-bond acceptors (Lipinski definition) is 4. The van der Waals surface area contributed by atoms with Crippen molar-refractivity contribution in [2.75, 3.05) is 32.1 Å². The maximum absolute atomic E-state index is 12.2. The van der Waals surface area contributed by atoms with Crippen LogP contribution in [0.15, 0.2) is 30.5 Å². The number of nitrogens with one attached hydrogen (secondary N) is 2. The molecule has 2 aromatic rings. The molecule has 0 radical (unpaired) electrons. The van der Waals surface area contributed by atoms with Gasteiger partial charge in [-0.3, -0.25) is 4.79 Å². The predicted molar refractivity (Wildman–Crippen MR) is 80.1 cm³/mol. The van der Waals surface area contributed by atoms with Gasteiger partial charge in [0.25, 0.3) is 5.91 Å². The molecule has 0 atom stereocenters. The summed E-state index contributed by atoms with van der Waals surface area (Å²) in [4.78, 5) is 16.5. The van der Waals surface area contributed by atoms with Gasteiger partial charge in [0.05, 0.1) is 12.2 Å². The molecular formula is C15H19N3O2. The van der Waals surface area contributed by atoms with Gasteiger partial charge in [-0.2, -0.15) is 0 Å². The number of carbonyl (C=O) groups excluding carboxylic acids is 1. The van der Waals surface area contributed by atoms with Crippen molar-refractivity contribution in [2.45, 2.75) is 6.92 Å². The van der Waals surface area contributed by atoms with Crippen molar-refractivity contribution in [1.82, 2.24) is 10.3 Å². The molecule has 1 aromatic carbocycles. The summed E-state index contributed by atoms with van der Waals surface area (Å²) in [6.45, 7) is 3.59. The Kier molecular flexibility index (Phi) is 4.90. The van der Waals surface area contributed by atoms with Crippen molar-refractivity contribution in [3.8, 4) is 0 Å². The van der Waals surface area contributed by atoms with Gasteiger partial charge in [0.1, 0.15) is 5.82 Å². The second kappa shape index (κ2) is 6.86. The highest BCUT2D eigenvalue weighted by Gasteiger charge is 2.12. The lowest BCUT2D eigenvalue weighted by molar-refractivity contribution is 0.0924. The molecule has 0 aliphatic carbocycles. The first-order chi connectivity index (χ1) is 9.77. The van der Waals surface area contributed by atoms with Crippen LogP contribution in [-0.4, -0.2) is 37.7 Å². The Morgan fingerprint density at radius 1 is 1.30 bits per heavy atom. The minimum absolute atomic E-state index is 0.129.